The standard InChI is InChI=1S/C37H40N6O2/c1-2-22-43-34-11-7-6-10-32(34)33(17-14-28-8-4-3-5-9-28)39-36(37(43)45)40-35(44)27-29-12-15-30(16-13-29)41-23-25-42(26-24-41)31-18-20-38-21-19-31/h3-13,15-16,18-21,36H,2,14,17,22-27H2,1H3,(H,40,44). The van der Waals surface area contributed by atoms with Crippen LogP contribution in [0.4, 0.5) is 17.1 Å². The summed E-state index contributed by atoms with van der Waals surface area (Å²) >= 11 is 0. The van der Waals surface area contributed by atoms with Crippen molar-refractivity contribution in [3.05, 3.63) is 120 Å². The van der Waals surface area contributed by atoms with Gasteiger partial charge in [0.2, 0.25) is 12.1 Å². The van der Waals surface area contributed by atoms with E-state index in [4.69, 9.17) is 4.99 Å². The summed E-state index contributed by atoms with van der Waals surface area (Å²) in [5.74, 6) is -0.422. The van der Waals surface area contributed by atoms with E-state index >= 15 is 0 Å². The van der Waals surface area contributed by atoms with Gasteiger partial charge in [-0.3, -0.25) is 19.6 Å². The van der Waals surface area contributed by atoms with E-state index in [-0.39, 0.29) is 18.2 Å². The first-order valence-electron chi connectivity index (χ1n) is 15.9. The van der Waals surface area contributed by atoms with E-state index in [0.29, 0.717) is 13.0 Å². The second-order valence-corrected chi connectivity index (χ2v) is 11.6. The van der Waals surface area contributed by atoms with E-state index in [9.17, 15) is 9.59 Å². The number of carbonyl (C=O) groups excluding carboxylic acids is 2. The van der Waals surface area contributed by atoms with Gasteiger partial charge in [-0.2, -0.15) is 0 Å². The van der Waals surface area contributed by atoms with Gasteiger partial charge in [-0.1, -0.05) is 67.6 Å². The fourth-order valence-corrected chi connectivity index (χ4v) is 6.15. The van der Waals surface area contributed by atoms with Crippen LogP contribution >= 0.6 is 0 Å². The molecule has 1 fully saturated rings. The zero-order valence-electron chi connectivity index (χ0n) is 25.8. The highest BCUT2D eigenvalue weighted by Gasteiger charge is 2.32. The fourth-order valence-electron chi connectivity index (χ4n) is 6.15. The Morgan fingerprint density at radius 1 is 0.778 bits per heavy atom. The van der Waals surface area contributed by atoms with Crippen molar-refractivity contribution in [1.82, 2.24) is 10.3 Å². The lowest BCUT2D eigenvalue weighted by Crippen LogP contribution is -2.48. The molecule has 2 aliphatic rings. The van der Waals surface area contributed by atoms with E-state index < -0.39 is 6.17 Å². The molecule has 3 aromatic carbocycles. The third-order valence-electron chi connectivity index (χ3n) is 8.50. The molecule has 3 heterocycles. The molecule has 6 rings (SSSR count). The van der Waals surface area contributed by atoms with Gasteiger partial charge in [-0.05, 0) is 60.7 Å². The van der Waals surface area contributed by atoms with E-state index in [1.54, 1.807) is 4.90 Å². The number of fused-ring (bicyclic) bond motifs is 1. The highest BCUT2D eigenvalue weighted by atomic mass is 16.2. The largest absolute Gasteiger partial charge is 0.368 e. The Morgan fingerprint density at radius 2 is 1.42 bits per heavy atom. The molecule has 0 saturated carbocycles. The van der Waals surface area contributed by atoms with E-state index in [1.807, 2.05) is 67.0 Å². The van der Waals surface area contributed by atoms with Crippen LogP contribution < -0.4 is 20.0 Å². The summed E-state index contributed by atoms with van der Waals surface area (Å²) in [6.45, 7) is 6.34. The van der Waals surface area contributed by atoms with Crippen LogP contribution in [0.2, 0.25) is 0 Å². The summed E-state index contributed by atoms with van der Waals surface area (Å²) in [4.78, 5) is 42.7. The SMILES string of the molecule is CCCN1C(=O)C(NC(=O)Cc2ccc(N3CCN(c4ccncc4)CC3)cc2)N=C(CCc2ccccc2)c2ccccc21. The molecule has 1 unspecified atom stereocenters. The smallest absolute Gasteiger partial charge is 0.272 e. The summed E-state index contributed by atoms with van der Waals surface area (Å²) in [5.41, 5.74) is 7.09. The van der Waals surface area contributed by atoms with E-state index in [0.717, 1.165) is 67.2 Å². The van der Waals surface area contributed by atoms with Crippen molar-refractivity contribution in [2.75, 3.05) is 47.4 Å². The van der Waals surface area contributed by atoms with Crippen LogP contribution in [0.1, 0.15) is 36.5 Å². The number of carbonyl (C=O) groups is 2. The number of piperazine rings is 1. The molecule has 1 aromatic heterocycles. The van der Waals surface area contributed by atoms with Crippen LogP contribution in [-0.2, 0) is 22.4 Å². The Balaban J connectivity index is 1.13. The topological polar surface area (TPSA) is 81.1 Å². The highest BCUT2D eigenvalue weighted by Crippen LogP contribution is 2.28. The minimum absolute atomic E-state index is 0.176. The maximum atomic E-state index is 13.8. The van der Waals surface area contributed by atoms with Gasteiger partial charge >= 0.3 is 0 Å². The molecule has 45 heavy (non-hydrogen) atoms. The molecule has 1 atom stereocenters. The van der Waals surface area contributed by atoms with Crippen LogP contribution in [0.15, 0.2) is 108 Å². The summed E-state index contributed by atoms with van der Waals surface area (Å²) in [6, 6.07) is 30.5. The molecule has 4 aromatic rings. The van der Waals surface area contributed by atoms with Crippen molar-refractivity contribution in [3.63, 3.8) is 0 Å². The molecule has 8 heteroatoms. The zero-order chi connectivity index (χ0) is 31.0. The number of aryl methyl sites for hydroxylation is 1. The Hall–Kier alpha value is -4.98. The van der Waals surface area contributed by atoms with Crippen molar-refractivity contribution >= 4 is 34.6 Å². The Labute approximate surface area is 265 Å². The van der Waals surface area contributed by atoms with Crippen molar-refractivity contribution in [2.45, 2.75) is 38.8 Å². The van der Waals surface area contributed by atoms with E-state index in [2.05, 4.69) is 63.4 Å². The number of benzene rings is 3. The number of nitrogens with one attached hydrogen (secondary N) is 1. The number of hydrogen-bond donors (Lipinski definition) is 1. The quantitative estimate of drug-likeness (QED) is 0.268. The van der Waals surface area contributed by atoms with Gasteiger partial charge < -0.3 is 20.0 Å². The van der Waals surface area contributed by atoms with Gasteiger partial charge in [0.05, 0.1) is 12.1 Å². The number of hydrogen-bond acceptors (Lipinski definition) is 6. The first kappa shape index (κ1) is 30.1. The number of rotatable bonds is 10. The first-order chi connectivity index (χ1) is 22.1. The molecule has 1 saturated heterocycles. The van der Waals surface area contributed by atoms with Crippen molar-refractivity contribution in [1.29, 1.82) is 0 Å². The molecule has 0 spiro atoms. The molecule has 230 valence electrons. The number of para-hydroxylation sites is 1. The maximum absolute atomic E-state index is 13.8. The van der Waals surface area contributed by atoms with Crippen LogP contribution in [0.3, 0.4) is 0 Å². The number of aromatic nitrogens is 1. The first-order valence-corrected chi connectivity index (χ1v) is 15.9. The van der Waals surface area contributed by atoms with Gasteiger partial charge in [0.25, 0.3) is 5.91 Å². The van der Waals surface area contributed by atoms with Crippen LogP contribution in [-0.4, -0.2) is 61.4 Å². The molecule has 8 nitrogen and oxygen atoms in total. The van der Waals surface area contributed by atoms with Crippen LogP contribution in [0.25, 0.3) is 0 Å². The second-order valence-electron chi connectivity index (χ2n) is 11.6. The summed E-state index contributed by atoms with van der Waals surface area (Å²) < 4.78 is 0. The monoisotopic (exact) mass is 600 g/mol. The molecule has 0 aliphatic carbocycles. The normalized spacial score (nSPS) is 16.6. The molecule has 0 bridgehead atoms. The molecule has 2 amide bonds. The molecule has 1 N–H and O–H groups in total. The summed E-state index contributed by atoms with van der Waals surface area (Å²) in [7, 11) is 0. The summed E-state index contributed by atoms with van der Waals surface area (Å²) in [5, 5.41) is 2.97. The number of aliphatic imine (C=N–C) groups is 1. The predicted molar refractivity (Wildman–Crippen MR) is 181 cm³/mol. The molecular weight excluding hydrogens is 560 g/mol. The van der Waals surface area contributed by atoms with Gasteiger partial charge in [0.1, 0.15) is 0 Å². The Morgan fingerprint density at radius 3 is 2.11 bits per heavy atom. The molecule has 0 radical (unpaired) electrons. The highest BCUT2D eigenvalue weighted by molar-refractivity contribution is 6.13. The van der Waals surface area contributed by atoms with E-state index in [1.165, 1.54) is 11.3 Å². The molecule has 2 aliphatic heterocycles. The van der Waals surface area contributed by atoms with Gasteiger partial charge in [-0.15, -0.1) is 0 Å². The second kappa shape index (κ2) is 14.2. The van der Waals surface area contributed by atoms with Gasteiger partial charge in [0, 0.05) is 67.8 Å². The van der Waals surface area contributed by atoms with Crippen molar-refractivity contribution < 1.29 is 9.59 Å². The average molecular weight is 601 g/mol. The number of benzodiazepines with no additional fused rings is 1. The summed E-state index contributed by atoms with van der Waals surface area (Å²) in [6.07, 6.45) is 5.12. The Kier molecular flexibility index (Phi) is 9.49. The number of pyridine rings is 1. The lowest BCUT2D eigenvalue weighted by molar-refractivity contribution is -0.127. The fraction of sp³-hybridized carbons (Fsp3) is 0.297. The Bertz CT molecular complexity index is 1620. The minimum atomic E-state index is -0.974. The zero-order valence-corrected chi connectivity index (χ0v) is 25.8. The maximum Gasteiger partial charge on any atom is 0.272 e. The predicted octanol–water partition coefficient (Wildman–Crippen LogP) is 5.27. The van der Waals surface area contributed by atoms with Crippen molar-refractivity contribution in [2.24, 2.45) is 4.99 Å². The minimum Gasteiger partial charge on any atom is -0.368 e. The third kappa shape index (κ3) is 7.23. The number of nitrogens with zero attached hydrogens (tertiary/aromatic N) is 5. The molecular formula is C37H40N6O2. The van der Waals surface area contributed by atoms with Crippen LogP contribution in [0.5, 0.6) is 0 Å². The lowest BCUT2D eigenvalue weighted by atomic mass is 10.00. The number of anilines is 3. The van der Waals surface area contributed by atoms with Gasteiger partial charge in [0.15, 0.2) is 0 Å². The van der Waals surface area contributed by atoms with Gasteiger partial charge in [-0.25, -0.2) is 0 Å². The van der Waals surface area contributed by atoms with Crippen molar-refractivity contribution in [3.8, 4) is 0 Å². The third-order valence-corrected chi connectivity index (χ3v) is 8.50. The average Bonchev–Trinajstić information content (AvgIpc) is 3.19. The number of amides is 2. The van der Waals surface area contributed by atoms with Crippen LogP contribution in [0, 0.1) is 0 Å². The lowest BCUT2D eigenvalue weighted by Gasteiger charge is -2.37.